The Balaban J connectivity index is 1.76. The Hall–Kier alpha value is -1.81. The maximum Gasteiger partial charge on any atom is 0.234 e. The van der Waals surface area contributed by atoms with E-state index in [1.165, 1.54) is 5.56 Å². The number of fused-ring (bicyclic) bond motifs is 1. The number of hydrogen-bond acceptors (Lipinski definition) is 3. The average molecular weight is 241 g/mol. The van der Waals surface area contributed by atoms with Crippen molar-refractivity contribution >= 4 is 17.5 Å². The summed E-state index contributed by atoms with van der Waals surface area (Å²) in [5.41, 5.74) is 1.31. The zero-order valence-corrected chi connectivity index (χ0v) is 9.97. The molecule has 3 rings (SSSR count). The van der Waals surface area contributed by atoms with Gasteiger partial charge in [0.15, 0.2) is 0 Å². The second kappa shape index (κ2) is 4.59. The summed E-state index contributed by atoms with van der Waals surface area (Å²) in [6, 6.07) is 12.4. The molecule has 0 atom stereocenters. The summed E-state index contributed by atoms with van der Waals surface area (Å²) in [4.78, 5) is 8.64. The highest BCUT2D eigenvalue weighted by molar-refractivity contribution is 7.98. The summed E-state index contributed by atoms with van der Waals surface area (Å²) in [6.07, 6.45) is 5.64. The number of aromatic nitrogens is 3. The van der Waals surface area contributed by atoms with Crippen molar-refractivity contribution in [2.24, 2.45) is 0 Å². The molecule has 17 heavy (non-hydrogen) atoms. The molecule has 0 aliphatic carbocycles. The molecule has 3 nitrogen and oxygen atoms in total. The van der Waals surface area contributed by atoms with Gasteiger partial charge < -0.3 is 0 Å². The normalized spacial score (nSPS) is 10.8. The van der Waals surface area contributed by atoms with Gasteiger partial charge in [0.05, 0.1) is 0 Å². The van der Waals surface area contributed by atoms with Gasteiger partial charge in [-0.1, -0.05) is 30.3 Å². The van der Waals surface area contributed by atoms with Gasteiger partial charge in [-0.15, -0.1) is 11.8 Å². The fraction of sp³-hybridized carbons (Fsp3) is 0.0769. The van der Waals surface area contributed by atoms with Gasteiger partial charge in [0.1, 0.15) is 5.03 Å². The first kappa shape index (κ1) is 10.4. The molecule has 2 heterocycles. The van der Waals surface area contributed by atoms with Gasteiger partial charge >= 0.3 is 0 Å². The van der Waals surface area contributed by atoms with Gasteiger partial charge in [0.2, 0.25) is 5.78 Å². The molecule has 3 aromatic rings. The van der Waals surface area contributed by atoms with E-state index < -0.39 is 0 Å². The van der Waals surface area contributed by atoms with Crippen molar-refractivity contribution in [2.75, 3.05) is 0 Å². The third kappa shape index (κ3) is 2.31. The van der Waals surface area contributed by atoms with E-state index in [0.717, 1.165) is 16.6 Å². The molecule has 0 saturated heterocycles. The fourth-order valence-electron chi connectivity index (χ4n) is 1.60. The van der Waals surface area contributed by atoms with Crippen molar-refractivity contribution in [1.82, 2.24) is 14.4 Å². The molecule has 0 aliphatic rings. The third-order valence-corrected chi connectivity index (χ3v) is 3.47. The SMILES string of the molecule is c1ccc(CSc2ccn3ccnc3n2)cc1. The van der Waals surface area contributed by atoms with Crippen molar-refractivity contribution in [1.29, 1.82) is 0 Å². The molecule has 1 aromatic carbocycles. The van der Waals surface area contributed by atoms with E-state index in [9.17, 15) is 0 Å². The van der Waals surface area contributed by atoms with Crippen LogP contribution in [-0.4, -0.2) is 14.4 Å². The first-order valence-electron chi connectivity index (χ1n) is 5.38. The molecular weight excluding hydrogens is 230 g/mol. The monoisotopic (exact) mass is 241 g/mol. The maximum absolute atomic E-state index is 4.47. The van der Waals surface area contributed by atoms with Crippen molar-refractivity contribution < 1.29 is 0 Å². The lowest BCUT2D eigenvalue weighted by molar-refractivity contribution is 1.03. The Morgan fingerprint density at radius 3 is 2.82 bits per heavy atom. The van der Waals surface area contributed by atoms with Crippen LogP contribution in [0.5, 0.6) is 0 Å². The summed E-state index contributed by atoms with van der Waals surface area (Å²) >= 11 is 1.73. The lowest BCUT2D eigenvalue weighted by Gasteiger charge is -2.01. The molecule has 4 heteroatoms. The van der Waals surface area contributed by atoms with E-state index >= 15 is 0 Å². The minimum absolute atomic E-state index is 0.753. The van der Waals surface area contributed by atoms with E-state index in [4.69, 9.17) is 0 Å². The van der Waals surface area contributed by atoms with Crippen molar-refractivity contribution in [3.05, 3.63) is 60.6 Å². The van der Waals surface area contributed by atoms with E-state index in [-0.39, 0.29) is 0 Å². The zero-order valence-electron chi connectivity index (χ0n) is 9.15. The van der Waals surface area contributed by atoms with Crippen molar-refractivity contribution in [3.63, 3.8) is 0 Å². The van der Waals surface area contributed by atoms with Gasteiger partial charge in [-0.25, -0.2) is 9.97 Å². The fourth-order valence-corrected chi connectivity index (χ4v) is 2.41. The van der Waals surface area contributed by atoms with Crippen LogP contribution in [0.1, 0.15) is 5.56 Å². The van der Waals surface area contributed by atoms with Crippen molar-refractivity contribution in [2.45, 2.75) is 10.8 Å². The number of hydrogen-bond donors (Lipinski definition) is 0. The number of nitrogens with zero attached hydrogens (tertiary/aromatic N) is 3. The second-order valence-corrected chi connectivity index (χ2v) is 4.67. The highest BCUT2D eigenvalue weighted by atomic mass is 32.2. The Morgan fingerprint density at radius 2 is 1.94 bits per heavy atom. The van der Waals surface area contributed by atoms with Gasteiger partial charge in [-0.05, 0) is 11.6 Å². The Bertz CT molecular complexity index is 619. The van der Waals surface area contributed by atoms with E-state index in [2.05, 4.69) is 34.2 Å². The largest absolute Gasteiger partial charge is 0.291 e. The second-order valence-electron chi connectivity index (χ2n) is 3.67. The first-order chi connectivity index (χ1) is 8.42. The summed E-state index contributed by atoms with van der Waals surface area (Å²) < 4.78 is 1.91. The lowest BCUT2D eigenvalue weighted by Crippen LogP contribution is -1.89. The maximum atomic E-state index is 4.47. The van der Waals surface area contributed by atoms with Gasteiger partial charge in [-0.3, -0.25) is 4.40 Å². The van der Waals surface area contributed by atoms with Crippen molar-refractivity contribution in [3.8, 4) is 0 Å². The van der Waals surface area contributed by atoms with Crippen LogP contribution in [-0.2, 0) is 5.75 Å². The van der Waals surface area contributed by atoms with E-state index in [1.807, 2.05) is 28.9 Å². The molecule has 0 amide bonds. The van der Waals surface area contributed by atoms with Crippen LogP contribution >= 0.6 is 11.8 Å². The topological polar surface area (TPSA) is 30.2 Å². The average Bonchev–Trinajstić information content (AvgIpc) is 2.85. The zero-order chi connectivity index (χ0) is 11.5. The molecule has 0 fully saturated rings. The van der Waals surface area contributed by atoms with Crippen LogP contribution in [0.3, 0.4) is 0 Å². The van der Waals surface area contributed by atoms with Crippen LogP contribution in [0, 0.1) is 0 Å². The quantitative estimate of drug-likeness (QED) is 0.521. The number of rotatable bonds is 3. The molecule has 0 aliphatic heterocycles. The number of imidazole rings is 1. The Labute approximate surface area is 104 Å². The highest BCUT2D eigenvalue weighted by Gasteiger charge is 2.00. The van der Waals surface area contributed by atoms with Gasteiger partial charge in [0, 0.05) is 24.3 Å². The third-order valence-electron chi connectivity index (χ3n) is 2.47. The summed E-state index contributed by atoms with van der Waals surface area (Å²) in [5.74, 6) is 1.69. The van der Waals surface area contributed by atoms with E-state index in [1.54, 1.807) is 18.0 Å². The predicted octanol–water partition coefficient (Wildman–Crippen LogP) is 3.02. The summed E-state index contributed by atoms with van der Waals surface area (Å²) in [7, 11) is 0. The molecule has 0 saturated carbocycles. The number of benzene rings is 1. The lowest BCUT2D eigenvalue weighted by atomic mass is 10.2. The molecule has 0 N–H and O–H groups in total. The molecule has 2 aromatic heterocycles. The number of thioether (sulfide) groups is 1. The van der Waals surface area contributed by atoms with Crippen LogP contribution in [0.4, 0.5) is 0 Å². The van der Waals surface area contributed by atoms with Crippen LogP contribution < -0.4 is 0 Å². The highest BCUT2D eigenvalue weighted by Crippen LogP contribution is 2.20. The minimum Gasteiger partial charge on any atom is -0.291 e. The molecule has 84 valence electrons. The van der Waals surface area contributed by atoms with Gasteiger partial charge in [0.25, 0.3) is 0 Å². The molecule has 0 radical (unpaired) electrons. The molecule has 0 bridgehead atoms. The molecule has 0 unspecified atom stereocenters. The Morgan fingerprint density at radius 1 is 1.06 bits per heavy atom. The minimum atomic E-state index is 0.753. The summed E-state index contributed by atoms with van der Waals surface area (Å²) in [6.45, 7) is 0. The Kier molecular flexibility index (Phi) is 2.80. The molecule has 0 spiro atoms. The summed E-state index contributed by atoms with van der Waals surface area (Å²) in [5, 5.41) is 1.01. The molecular formula is C13H11N3S. The van der Waals surface area contributed by atoms with Gasteiger partial charge in [-0.2, -0.15) is 0 Å². The van der Waals surface area contributed by atoms with Crippen LogP contribution in [0.15, 0.2) is 60.0 Å². The smallest absolute Gasteiger partial charge is 0.234 e. The predicted molar refractivity (Wildman–Crippen MR) is 69.0 cm³/mol. The van der Waals surface area contributed by atoms with Crippen LogP contribution in [0.25, 0.3) is 5.78 Å². The standard InChI is InChI=1S/C13H11N3S/c1-2-4-11(5-3-1)10-17-12-6-8-16-9-7-14-13(16)15-12/h1-9H,10H2. The first-order valence-corrected chi connectivity index (χ1v) is 6.37. The van der Waals surface area contributed by atoms with Crippen LogP contribution in [0.2, 0.25) is 0 Å². The van der Waals surface area contributed by atoms with E-state index in [0.29, 0.717) is 0 Å².